The third-order valence-corrected chi connectivity index (χ3v) is 5.59. The van der Waals surface area contributed by atoms with E-state index in [2.05, 4.69) is 36.4 Å². The van der Waals surface area contributed by atoms with Crippen LogP contribution in [0.3, 0.4) is 0 Å². The molecule has 0 saturated heterocycles. The summed E-state index contributed by atoms with van der Waals surface area (Å²) in [6.07, 6.45) is 0.257. The van der Waals surface area contributed by atoms with Crippen LogP contribution in [-0.4, -0.2) is 58.8 Å². The van der Waals surface area contributed by atoms with Crippen molar-refractivity contribution in [1.82, 2.24) is 0 Å². The average Bonchev–Trinajstić information content (AvgIpc) is 2.93. The van der Waals surface area contributed by atoms with E-state index in [9.17, 15) is 4.79 Å². The molecule has 3 aromatic rings. The van der Waals surface area contributed by atoms with Crippen LogP contribution in [0.2, 0.25) is 0 Å². The van der Waals surface area contributed by atoms with Crippen molar-refractivity contribution in [3.63, 3.8) is 0 Å². The third-order valence-electron chi connectivity index (χ3n) is 5.59. The molecule has 36 heavy (non-hydrogen) atoms. The summed E-state index contributed by atoms with van der Waals surface area (Å²) >= 11 is 0. The largest absolute Gasteiger partial charge is 0.466 e. The quantitative estimate of drug-likeness (QED) is 0.150. The van der Waals surface area contributed by atoms with E-state index >= 15 is 0 Å². The monoisotopic (exact) mass is 492 g/mol. The van der Waals surface area contributed by atoms with Crippen molar-refractivity contribution in [2.75, 3.05) is 52.9 Å². The van der Waals surface area contributed by atoms with Crippen LogP contribution >= 0.6 is 0 Å². The minimum absolute atomic E-state index is 0.246. The molecule has 0 bridgehead atoms. The van der Waals surface area contributed by atoms with E-state index in [1.807, 2.05) is 54.6 Å². The van der Waals surface area contributed by atoms with E-state index in [1.54, 1.807) is 6.92 Å². The van der Waals surface area contributed by atoms with Crippen LogP contribution in [0.15, 0.2) is 91.0 Å². The van der Waals surface area contributed by atoms with Crippen LogP contribution in [0.4, 0.5) is 0 Å². The number of ether oxygens (including phenoxy) is 5. The molecule has 0 aliphatic carbocycles. The van der Waals surface area contributed by atoms with Gasteiger partial charge in [-0.2, -0.15) is 0 Å². The summed E-state index contributed by atoms with van der Waals surface area (Å²) in [5, 5.41) is 0. The molecule has 0 spiro atoms. The fourth-order valence-electron chi connectivity index (χ4n) is 3.95. The second kappa shape index (κ2) is 15.9. The van der Waals surface area contributed by atoms with Gasteiger partial charge in [0.15, 0.2) is 0 Å². The normalized spacial score (nSPS) is 11.4. The lowest BCUT2D eigenvalue weighted by Gasteiger charge is -2.36. The summed E-state index contributed by atoms with van der Waals surface area (Å²) in [5.74, 6) is -0.246. The third kappa shape index (κ3) is 8.28. The molecular formula is C30H36O6. The molecule has 0 atom stereocenters. The molecule has 0 aromatic heterocycles. The van der Waals surface area contributed by atoms with E-state index in [0.29, 0.717) is 52.9 Å². The summed E-state index contributed by atoms with van der Waals surface area (Å²) in [6, 6.07) is 30.9. The van der Waals surface area contributed by atoms with E-state index in [4.69, 9.17) is 23.7 Å². The lowest BCUT2D eigenvalue weighted by Crippen LogP contribution is -2.34. The Hall–Kier alpha value is -3.03. The van der Waals surface area contributed by atoms with Crippen molar-refractivity contribution in [2.45, 2.75) is 18.9 Å². The van der Waals surface area contributed by atoms with Crippen molar-refractivity contribution in [3.8, 4) is 0 Å². The maximum Gasteiger partial charge on any atom is 0.308 e. The fraction of sp³-hybridized carbons (Fsp3) is 0.367. The molecule has 0 unspecified atom stereocenters. The SMILES string of the molecule is CCOC(=O)CCOCCOCCOCCOC(c1ccccc1)(c1ccccc1)c1ccccc1. The highest BCUT2D eigenvalue weighted by atomic mass is 16.6. The second-order valence-electron chi connectivity index (χ2n) is 8.02. The maximum absolute atomic E-state index is 11.2. The predicted octanol–water partition coefficient (Wildman–Crippen LogP) is 5.00. The van der Waals surface area contributed by atoms with E-state index < -0.39 is 5.60 Å². The number of carbonyl (C=O) groups excluding carboxylic acids is 1. The summed E-state index contributed by atoms with van der Waals surface area (Å²) < 4.78 is 28.2. The van der Waals surface area contributed by atoms with Crippen molar-refractivity contribution in [3.05, 3.63) is 108 Å². The van der Waals surface area contributed by atoms with Gasteiger partial charge in [0.1, 0.15) is 5.60 Å². The summed E-state index contributed by atoms with van der Waals surface area (Å²) in [5.41, 5.74) is 2.45. The Kier molecular flexibility index (Phi) is 12.1. The molecule has 192 valence electrons. The van der Waals surface area contributed by atoms with Crippen LogP contribution in [0.5, 0.6) is 0 Å². The van der Waals surface area contributed by atoms with E-state index in [0.717, 1.165) is 16.7 Å². The number of hydrogen-bond donors (Lipinski definition) is 0. The highest BCUT2D eigenvalue weighted by molar-refractivity contribution is 5.69. The van der Waals surface area contributed by atoms with Crippen molar-refractivity contribution in [1.29, 1.82) is 0 Å². The zero-order valence-electron chi connectivity index (χ0n) is 21.0. The highest BCUT2D eigenvalue weighted by Crippen LogP contribution is 2.40. The first-order chi connectivity index (χ1) is 17.8. The Morgan fingerprint density at radius 3 is 1.39 bits per heavy atom. The second-order valence-corrected chi connectivity index (χ2v) is 8.02. The van der Waals surface area contributed by atoms with Gasteiger partial charge < -0.3 is 23.7 Å². The molecule has 0 fully saturated rings. The van der Waals surface area contributed by atoms with Crippen molar-refractivity contribution >= 4 is 5.97 Å². The molecule has 0 saturated carbocycles. The molecule has 0 amide bonds. The van der Waals surface area contributed by atoms with Gasteiger partial charge in [-0.15, -0.1) is 0 Å². The Bertz CT molecular complexity index is 881. The molecule has 3 aromatic carbocycles. The Balaban J connectivity index is 1.48. The molecule has 0 aliphatic rings. The van der Waals surface area contributed by atoms with Gasteiger partial charge in [-0.1, -0.05) is 91.0 Å². The minimum atomic E-state index is -0.746. The zero-order valence-corrected chi connectivity index (χ0v) is 21.0. The zero-order chi connectivity index (χ0) is 25.3. The topological polar surface area (TPSA) is 63.2 Å². The van der Waals surface area contributed by atoms with Gasteiger partial charge in [0.2, 0.25) is 0 Å². The van der Waals surface area contributed by atoms with Gasteiger partial charge in [-0.25, -0.2) is 0 Å². The smallest absolute Gasteiger partial charge is 0.308 e. The first-order valence-corrected chi connectivity index (χ1v) is 12.5. The van der Waals surface area contributed by atoms with Crippen LogP contribution in [0.1, 0.15) is 30.0 Å². The van der Waals surface area contributed by atoms with Gasteiger partial charge in [0.05, 0.1) is 59.3 Å². The summed E-state index contributed by atoms with van der Waals surface area (Å²) in [7, 11) is 0. The van der Waals surface area contributed by atoms with Crippen LogP contribution in [0.25, 0.3) is 0 Å². The van der Waals surface area contributed by atoms with Gasteiger partial charge in [0.25, 0.3) is 0 Å². The van der Waals surface area contributed by atoms with E-state index in [-0.39, 0.29) is 12.4 Å². The first kappa shape index (κ1) is 27.6. The number of rotatable bonds is 17. The van der Waals surface area contributed by atoms with Gasteiger partial charge in [0, 0.05) is 0 Å². The number of esters is 1. The number of benzene rings is 3. The number of hydrogen-bond acceptors (Lipinski definition) is 6. The van der Waals surface area contributed by atoms with Gasteiger partial charge in [-0.3, -0.25) is 4.79 Å². The lowest BCUT2D eigenvalue weighted by molar-refractivity contribution is -0.144. The Morgan fingerprint density at radius 1 is 0.583 bits per heavy atom. The molecule has 0 radical (unpaired) electrons. The van der Waals surface area contributed by atoms with Crippen LogP contribution < -0.4 is 0 Å². The lowest BCUT2D eigenvalue weighted by atomic mass is 9.80. The molecular weight excluding hydrogens is 456 g/mol. The Labute approximate surface area is 214 Å². The predicted molar refractivity (Wildman–Crippen MR) is 139 cm³/mol. The summed E-state index contributed by atoms with van der Waals surface area (Å²) in [4.78, 5) is 11.2. The van der Waals surface area contributed by atoms with Gasteiger partial charge in [-0.05, 0) is 23.6 Å². The Morgan fingerprint density at radius 2 is 0.972 bits per heavy atom. The standard InChI is InChI=1S/C30H36O6/c1-2-35-29(31)18-19-32-20-21-33-22-23-34-24-25-36-30(26-12-6-3-7-13-26,27-14-8-4-9-15-27)28-16-10-5-11-17-28/h3-17H,2,18-25H2,1H3. The molecule has 0 heterocycles. The van der Waals surface area contributed by atoms with Crippen molar-refractivity contribution in [2.24, 2.45) is 0 Å². The number of carbonyl (C=O) groups is 1. The summed E-state index contributed by atoms with van der Waals surface area (Å²) in [6.45, 7) is 5.15. The highest BCUT2D eigenvalue weighted by Gasteiger charge is 2.37. The fourth-order valence-corrected chi connectivity index (χ4v) is 3.95. The van der Waals surface area contributed by atoms with Gasteiger partial charge >= 0.3 is 5.97 Å². The minimum Gasteiger partial charge on any atom is -0.466 e. The molecule has 6 heteroatoms. The van der Waals surface area contributed by atoms with Crippen LogP contribution in [0, 0.1) is 0 Å². The first-order valence-electron chi connectivity index (χ1n) is 12.5. The average molecular weight is 493 g/mol. The van der Waals surface area contributed by atoms with E-state index in [1.165, 1.54) is 0 Å². The maximum atomic E-state index is 11.2. The van der Waals surface area contributed by atoms with Crippen molar-refractivity contribution < 1.29 is 28.5 Å². The van der Waals surface area contributed by atoms with Crippen LogP contribution in [-0.2, 0) is 34.1 Å². The molecule has 3 rings (SSSR count). The molecule has 6 nitrogen and oxygen atoms in total. The molecule has 0 N–H and O–H groups in total. The molecule has 0 aliphatic heterocycles.